The van der Waals surface area contributed by atoms with E-state index in [4.69, 9.17) is 0 Å². The topological polar surface area (TPSA) is 78.0 Å². The SMILES string of the molecule is CC(O)C(C)(C)NC(=O)c1ccc2[nH]ncc2c1. The summed E-state index contributed by atoms with van der Waals surface area (Å²) in [5, 5.41) is 20.0. The summed E-state index contributed by atoms with van der Waals surface area (Å²) < 4.78 is 0. The van der Waals surface area contributed by atoms with Crippen LogP contribution in [0.4, 0.5) is 0 Å². The number of carbonyl (C=O) groups excluding carboxylic acids is 1. The van der Waals surface area contributed by atoms with Crippen molar-refractivity contribution in [1.82, 2.24) is 15.5 Å². The predicted octanol–water partition coefficient (Wildman–Crippen LogP) is 1.45. The van der Waals surface area contributed by atoms with E-state index in [2.05, 4.69) is 15.5 Å². The van der Waals surface area contributed by atoms with Gasteiger partial charge in [-0.15, -0.1) is 0 Å². The molecule has 1 atom stereocenters. The van der Waals surface area contributed by atoms with E-state index in [9.17, 15) is 9.90 Å². The highest BCUT2D eigenvalue weighted by atomic mass is 16.3. The number of nitrogens with one attached hydrogen (secondary N) is 2. The summed E-state index contributed by atoms with van der Waals surface area (Å²) in [6, 6.07) is 5.31. The van der Waals surface area contributed by atoms with Crippen molar-refractivity contribution < 1.29 is 9.90 Å². The van der Waals surface area contributed by atoms with Crippen LogP contribution >= 0.6 is 0 Å². The summed E-state index contributed by atoms with van der Waals surface area (Å²) >= 11 is 0. The van der Waals surface area contributed by atoms with Crippen LogP contribution in [0.3, 0.4) is 0 Å². The molecule has 0 aliphatic carbocycles. The molecule has 1 aromatic carbocycles. The van der Waals surface area contributed by atoms with Gasteiger partial charge in [0.1, 0.15) is 0 Å². The molecule has 96 valence electrons. The van der Waals surface area contributed by atoms with Crippen molar-refractivity contribution in [2.75, 3.05) is 0 Å². The molecule has 3 N–H and O–H groups in total. The Morgan fingerprint density at radius 2 is 2.22 bits per heavy atom. The molecule has 18 heavy (non-hydrogen) atoms. The van der Waals surface area contributed by atoms with Crippen molar-refractivity contribution in [3.05, 3.63) is 30.0 Å². The molecule has 5 nitrogen and oxygen atoms in total. The number of benzene rings is 1. The molecular weight excluding hydrogens is 230 g/mol. The fraction of sp³-hybridized carbons (Fsp3) is 0.385. The molecule has 1 heterocycles. The normalized spacial score (nSPS) is 13.6. The number of rotatable bonds is 3. The second-order valence-electron chi connectivity index (χ2n) is 5.02. The maximum Gasteiger partial charge on any atom is 0.251 e. The Kier molecular flexibility index (Phi) is 3.09. The molecule has 1 aromatic heterocycles. The molecule has 5 heteroatoms. The molecular formula is C13H17N3O2. The third-order valence-corrected chi connectivity index (χ3v) is 3.18. The van der Waals surface area contributed by atoms with Crippen molar-refractivity contribution in [2.45, 2.75) is 32.4 Å². The van der Waals surface area contributed by atoms with Gasteiger partial charge in [0.05, 0.1) is 23.4 Å². The third kappa shape index (κ3) is 2.36. The molecule has 0 aliphatic heterocycles. The van der Waals surface area contributed by atoms with Crippen LogP contribution in [0.5, 0.6) is 0 Å². The predicted molar refractivity (Wildman–Crippen MR) is 69.3 cm³/mol. The lowest BCUT2D eigenvalue weighted by molar-refractivity contribution is 0.0709. The second-order valence-corrected chi connectivity index (χ2v) is 5.02. The zero-order chi connectivity index (χ0) is 13.3. The van der Waals surface area contributed by atoms with Gasteiger partial charge in [-0.2, -0.15) is 5.10 Å². The lowest BCUT2D eigenvalue weighted by Gasteiger charge is -2.29. The van der Waals surface area contributed by atoms with Crippen LogP contribution in [-0.2, 0) is 0 Å². The molecule has 2 rings (SSSR count). The summed E-state index contributed by atoms with van der Waals surface area (Å²) in [6.07, 6.45) is 1.05. The minimum Gasteiger partial charge on any atom is -0.391 e. The Labute approximate surface area is 105 Å². The monoisotopic (exact) mass is 247 g/mol. The second kappa shape index (κ2) is 4.42. The Hall–Kier alpha value is -1.88. The van der Waals surface area contributed by atoms with Crippen molar-refractivity contribution in [1.29, 1.82) is 0 Å². The summed E-state index contributed by atoms with van der Waals surface area (Å²) in [5.41, 5.74) is 0.779. The first-order chi connectivity index (χ1) is 8.40. The van der Waals surface area contributed by atoms with Gasteiger partial charge in [0.2, 0.25) is 0 Å². The van der Waals surface area contributed by atoms with Crippen LogP contribution in [0, 0.1) is 0 Å². The molecule has 0 bridgehead atoms. The zero-order valence-corrected chi connectivity index (χ0v) is 10.7. The van der Waals surface area contributed by atoms with Crippen molar-refractivity contribution in [2.24, 2.45) is 0 Å². The number of hydrogen-bond donors (Lipinski definition) is 3. The van der Waals surface area contributed by atoms with E-state index in [0.717, 1.165) is 10.9 Å². The summed E-state index contributed by atoms with van der Waals surface area (Å²) in [5.74, 6) is -0.205. The maximum absolute atomic E-state index is 12.1. The van der Waals surface area contributed by atoms with Crippen LogP contribution in [0.1, 0.15) is 31.1 Å². The number of fused-ring (bicyclic) bond motifs is 1. The Morgan fingerprint density at radius 1 is 1.50 bits per heavy atom. The highest BCUT2D eigenvalue weighted by Crippen LogP contribution is 2.15. The van der Waals surface area contributed by atoms with Crippen LogP contribution in [0.2, 0.25) is 0 Å². The van der Waals surface area contributed by atoms with Gasteiger partial charge in [-0.05, 0) is 39.0 Å². The quantitative estimate of drug-likeness (QED) is 0.768. The first-order valence-electron chi connectivity index (χ1n) is 5.84. The van der Waals surface area contributed by atoms with Gasteiger partial charge in [-0.1, -0.05) is 0 Å². The number of nitrogens with zero attached hydrogens (tertiary/aromatic N) is 1. The van der Waals surface area contributed by atoms with Gasteiger partial charge < -0.3 is 10.4 Å². The molecule has 2 aromatic rings. The average Bonchev–Trinajstić information content (AvgIpc) is 2.74. The molecule has 0 saturated carbocycles. The van der Waals surface area contributed by atoms with E-state index in [0.29, 0.717) is 5.56 Å². The summed E-state index contributed by atoms with van der Waals surface area (Å²) in [7, 11) is 0. The molecule has 1 unspecified atom stereocenters. The highest BCUT2D eigenvalue weighted by molar-refractivity contribution is 5.98. The minimum atomic E-state index is -0.664. The van der Waals surface area contributed by atoms with Crippen LogP contribution < -0.4 is 5.32 Å². The van der Waals surface area contributed by atoms with Crippen LogP contribution in [-0.4, -0.2) is 32.9 Å². The Morgan fingerprint density at radius 3 is 2.89 bits per heavy atom. The number of hydrogen-bond acceptors (Lipinski definition) is 3. The van der Waals surface area contributed by atoms with E-state index >= 15 is 0 Å². The van der Waals surface area contributed by atoms with Crippen LogP contribution in [0.25, 0.3) is 10.9 Å². The van der Waals surface area contributed by atoms with Crippen molar-refractivity contribution >= 4 is 16.8 Å². The number of H-pyrrole nitrogens is 1. The third-order valence-electron chi connectivity index (χ3n) is 3.18. The van der Waals surface area contributed by atoms with E-state index in [1.165, 1.54) is 0 Å². The van der Waals surface area contributed by atoms with E-state index in [1.807, 2.05) is 6.07 Å². The van der Waals surface area contributed by atoms with Gasteiger partial charge in [0.15, 0.2) is 0 Å². The molecule has 0 aliphatic rings. The average molecular weight is 247 g/mol. The summed E-state index contributed by atoms with van der Waals surface area (Å²) in [6.45, 7) is 5.22. The number of aromatic nitrogens is 2. The van der Waals surface area contributed by atoms with E-state index < -0.39 is 11.6 Å². The number of amides is 1. The largest absolute Gasteiger partial charge is 0.391 e. The number of aliphatic hydroxyl groups is 1. The molecule has 1 amide bonds. The minimum absolute atomic E-state index is 0.205. The standard InChI is InChI=1S/C13H17N3O2/c1-8(17)13(2,3)15-12(18)9-4-5-11-10(6-9)7-14-16-11/h4-8,17H,1-3H3,(H,14,16)(H,15,18). The highest BCUT2D eigenvalue weighted by Gasteiger charge is 2.26. The van der Waals surface area contributed by atoms with Gasteiger partial charge in [-0.25, -0.2) is 0 Å². The number of aliphatic hydroxyl groups excluding tert-OH is 1. The Bertz CT molecular complexity index is 572. The Balaban J connectivity index is 2.23. The van der Waals surface area contributed by atoms with Crippen LogP contribution in [0.15, 0.2) is 24.4 Å². The number of carbonyl (C=O) groups is 1. The van der Waals surface area contributed by atoms with Gasteiger partial charge in [0.25, 0.3) is 5.91 Å². The van der Waals surface area contributed by atoms with Gasteiger partial charge in [0, 0.05) is 10.9 Å². The lowest BCUT2D eigenvalue weighted by Crippen LogP contribution is -2.50. The summed E-state index contributed by atoms with van der Waals surface area (Å²) in [4.78, 5) is 12.1. The first kappa shape index (κ1) is 12.6. The van der Waals surface area contributed by atoms with Crippen molar-refractivity contribution in [3.8, 4) is 0 Å². The molecule has 0 spiro atoms. The molecule has 0 saturated heterocycles. The lowest BCUT2D eigenvalue weighted by atomic mass is 9.98. The number of aromatic amines is 1. The van der Waals surface area contributed by atoms with Gasteiger partial charge >= 0.3 is 0 Å². The first-order valence-corrected chi connectivity index (χ1v) is 5.84. The van der Waals surface area contributed by atoms with Crippen molar-refractivity contribution in [3.63, 3.8) is 0 Å². The van der Waals surface area contributed by atoms with E-state index in [-0.39, 0.29) is 5.91 Å². The molecule has 0 radical (unpaired) electrons. The fourth-order valence-electron chi connectivity index (χ4n) is 1.55. The zero-order valence-electron chi connectivity index (χ0n) is 10.7. The molecule has 0 fully saturated rings. The fourth-order valence-corrected chi connectivity index (χ4v) is 1.55. The van der Waals surface area contributed by atoms with Gasteiger partial charge in [-0.3, -0.25) is 9.89 Å². The maximum atomic E-state index is 12.1. The smallest absolute Gasteiger partial charge is 0.251 e. The van der Waals surface area contributed by atoms with E-state index in [1.54, 1.807) is 39.1 Å².